The van der Waals surface area contributed by atoms with Gasteiger partial charge in [0.05, 0.1) is 4.90 Å². The van der Waals surface area contributed by atoms with Crippen LogP contribution in [0.4, 0.5) is 0 Å². The van der Waals surface area contributed by atoms with Crippen molar-refractivity contribution in [2.75, 3.05) is 13.1 Å². The van der Waals surface area contributed by atoms with E-state index in [2.05, 4.69) is 5.32 Å². The van der Waals surface area contributed by atoms with E-state index < -0.39 is 10.0 Å². The molecule has 4 rings (SSSR count). The van der Waals surface area contributed by atoms with Crippen LogP contribution in [0, 0.1) is 0 Å². The van der Waals surface area contributed by atoms with Gasteiger partial charge in [0.15, 0.2) is 0 Å². The quantitative estimate of drug-likeness (QED) is 0.860. The third-order valence-corrected chi connectivity index (χ3v) is 7.68. The summed E-state index contributed by atoms with van der Waals surface area (Å²) in [6.45, 7) is 0.859. The van der Waals surface area contributed by atoms with E-state index in [4.69, 9.17) is 0 Å². The summed E-state index contributed by atoms with van der Waals surface area (Å²) in [5.41, 5.74) is 3.09. The van der Waals surface area contributed by atoms with E-state index in [0.29, 0.717) is 36.4 Å². The average molecular weight is 399 g/mol. The molecule has 5 nitrogen and oxygen atoms in total. The number of nitrogens with zero attached hydrogens (tertiary/aromatic N) is 1. The van der Waals surface area contributed by atoms with Crippen molar-refractivity contribution in [2.45, 2.75) is 49.5 Å². The smallest absolute Gasteiger partial charge is 0.251 e. The number of sulfonamides is 1. The standard InChI is InChI=1S/C22H26N2O3S/c25-22(18-7-2-1-3-8-18)23-20-12-14-24(15-13-20)28(26,27)21-11-10-17-6-4-5-9-19(17)16-21/h1-3,7-8,10-11,16,20H,4-6,9,12-15H2,(H,23,25). The predicted molar refractivity (Wildman–Crippen MR) is 109 cm³/mol. The molecule has 2 aromatic carbocycles. The maximum Gasteiger partial charge on any atom is 0.251 e. The van der Waals surface area contributed by atoms with Crippen molar-refractivity contribution in [1.29, 1.82) is 0 Å². The molecule has 1 saturated heterocycles. The molecule has 0 unspecified atom stereocenters. The minimum absolute atomic E-state index is 0.00249. The van der Waals surface area contributed by atoms with Crippen LogP contribution in [0.3, 0.4) is 0 Å². The number of piperidine rings is 1. The topological polar surface area (TPSA) is 66.5 Å². The van der Waals surface area contributed by atoms with Crippen molar-refractivity contribution in [1.82, 2.24) is 9.62 Å². The van der Waals surface area contributed by atoms with Crippen LogP contribution in [0.5, 0.6) is 0 Å². The van der Waals surface area contributed by atoms with Crippen LogP contribution < -0.4 is 5.32 Å². The van der Waals surface area contributed by atoms with Crippen LogP contribution in [0.2, 0.25) is 0 Å². The molecule has 1 fully saturated rings. The molecule has 0 saturated carbocycles. The van der Waals surface area contributed by atoms with E-state index in [1.807, 2.05) is 30.3 Å². The first-order valence-electron chi connectivity index (χ1n) is 10.0. The first-order valence-corrected chi connectivity index (χ1v) is 11.5. The van der Waals surface area contributed by atoms with Gasteiger partial charge in [0.1, 0.15) is 0 Å². The number of rotatable bonds is 4. The SMILES string of the molecule is O=C(NC1CCN(S(=O)(=O)c2ccc3c(c2)CCCC3)CC1)c1ccccc1. The van der Waals surface area contributed by atoms with Crippen LogP contribution in [-0.4, -0.2) is 37.8 Å². The number of carbonyl (C=O) groups excluding carboxylic acids is 1. The third-order valence-electron chi connectivity index (χ3n) is 5.78. The van der Waals surface area contributed by atoms with Crippen molar-refractivity contribution < 1.29 is 13.2 Å². The van der Waals surface area contributed by atoms with Crippen LogP contribution in [0.15, 0.2) is 53.4 Å². The maximum absolute atomic E-state index is 13.1. The highest BCUT2D eigenvalue weighted by atomic mass is 32.2. The van der Waals surface area contributed by atoms with Gasteiger partial charge in [-0.15, -0.1) is 0 Å². The zero-order chi connectivity index (χ0) is 19.6. The second kappa shape index (κ2) is 8.05. The van der Waals surface area contributed by atoms with Gasteiger partial charge in [0.2, 0.25) is 10.0 Å². The molecule has 0 radical (unpaired) electrons. The van der Waals surface area contributed by atoms with Crippen molar-refractivity contribution in [3.63, 3.8) is 0 Å². The van der Waals surface area contributed by atoms with Gasteiger partial charge in [-0.1, -0.05) is 24.3 Å². The number of carbonyl (C=O) groups is 1. The van der Waals surface area contributed by atoms with E-state index in [0.717, 1.165) is 19.3 Å². The Morgan fingerprint density at radius 1 is 0.929 bits per heavy atom. The maximum atomic E-state index is 13.1. The molecule has 1 amide bonds. The van der Waals surface area contributed by atoms with Gasteiger partial charge in [0, 0.05) is 24.7 Å². The molecule has 1 aliphatic heterocycles. The van der Waals surface area contributed by atoms with Crippen molar-refractivity contribution in [3.8, 4) is 0 Å². The van der Waals surface area contributed by atoms with Gasteiger partial charge >= 0.3 is 0 Å². The van der Waals surface area contributed by atoms with Crippen molar-refractivity contribution in [3.05, 3.63) is 65.2 Å². The summed E-state index contributed by atoms with van der Waals surface area (Å²) in [5, 5.41) is 3.03. The van der Waals surface area contributed by atoms with Gasteiger partial charge in [-0.3, -0.25) is 4.79 Å². The Morgan fingerprint density at radius 2 is 1.61 bits per heavy atom. The Labute approximate surface area is 166 Å². The summed E-state index contributed by atoms with van der Waals surface area (Å²) >= 11 is 0. The monoisotopic (exact) mass is 398 g/mol. The number of fused-ring (bicyclic) bond motifs is 1. The summed E-state index contributed by atoms with van der Waals surface area (Å²) < 4.78 is 27.7. The number of hydrogen-bond donors (Lipinski definition) is 1. The Hall–Kier alpha value is -2.18. The molecule has 148 valence electrons. The molecule has 6 heteroatoms. The summed E-state index contributed by atoms with van der Waals surface area (Å²) in [5.74, 6) is -0.100. The minimum atomic E-state index is -3.48. The van der Waals surface area contributed by atoms with Crippen LogP contribution in [0.1, 0.15) is 47.2 Å². The lowest BCUT2D eigenvalue weighted by Gasteiger charge is -2.32. The fourth-order valence-corrected chi connectivity index (χ4v) is 5.64. The van der Waals surface area contributed by atoms with Crippen molar-refractivity contribution >= 4 is 15.9 Å². The van der Waals surface area contributed by atoms with Gasteiger partial charge in [-0.05, 0) is 73.9 Å². The number of nitrogens with one attached hydrogen (secondary N) is 1. The summed E-state index contributed by atoms with van der Waals surface area (Å²) in [4.78, 5) is 12.7. The zero-order valence-corrected chi connectivity index (χ0v) is 16.7. The summed E-state index contributed by atoms with van der Waals surface area (Å²) in [6.07, 6.45) is 5.57. The third kappa shape index (κ3) is 3.98. The first-order chi connectivity index (χ1) is 13.5. The minimum Gasteiger partial charge on any atom is -0.349 e. The Balaban J connectivity index is 1.39. The van der Waals surface area contributed by atoms with Gasteiger partial charge in [-0.25, -0.2) is 8.42 Å². The lowest BCUT2D eigenvalue weighted by atomic mass is 9.92. The first kappa shape index (κ1) is 19.2. The van der Waals surface area contributed by atoms with E-state index in [-0.39, 0.29) is 11.9 Å². The molecule has 0 spiro atoms. The fourth-order valence-electron chi connectivity index (χ4n) is 4.12. The van der Waals surface area contributed by atoms with Crippen LogP contribution in [-0.2, 0) is 22.9 Å². The molecule has 2 aliphatic rings. The normalized spacial score (nSPS) is 18.4. The number of amides is 1. The molecule has 0 aromatic heterocycles. The molecular weight excluding hydrogens is 372 g/mol. The molecule has 2 aromatic rings. The second-order valence-electron chi connectivity index (χ2n) is 7.66. The van der Waals surface area contributed by atoms with Crippen molar-refractivity contribution in [2.24, 2.45) is 0 Å². The molecule has 1 heterocycles. The average Bonchev–Trinajstić information content (AvgIpc) is 2.74. The number of benzene rings is 2. The second-order valence-corrected chi connectivity index (χ2v) is 9.59. The highest BCUT2D eigenvalue weighted by Crippen LogP contribution is 2.27. The van der Waals surface area contributed by atoms with E-state index in [1.165, 1.54) is 17.5 Å². The molecular formula is C22H26N2O3S. The lowest BCUT2D eigenvalue weighted by Crippen LogP contribution is -2.46. The Morgan fingerprint density at radius 3 is 2.32 bits per heavy atom. The van der Waals surface area contributed by atoms with E-state index in [1.54, 1.807) is 22.5 Å². The highest BCUT2D eigenvalue weighted by Gasteiger charge is 2.30. The molecule has 1 N–H and O–H groups in total. The molecule has 0 atom stereocenters. The molecule has 0 bridgehead atoms. The Kier molecular flexibility index (Phi) is 5.51. The van der Waals surface area contributed by atoms with Crippen LogP contribution >= 0.6 is 0 Å². The molecule has 1 aliphatic carbocycles. The highest BCUT2D eigenvalue weighted by molar-refractivity contribution is 7.89. The van der Waals surface area contributed by atoms with Crippen LogP contribution in [0.25, 0.3) is 0 Å². The fraction of sp³-hybridized carbons (Fsp3) is 0.409. The molecule has 28 heavy (non-hydrogen) atoms. The Bertz CT molecular complexity index is 949. The predicted octanol–water partition coefficient (Wildman–Crippen LogP) is 3.15. The summed E-state index contributed by atoms with van der Waals surface area (Å²) in [6, 6.07) is 14.7. The lowest BCUT2D eigenvalue weighted by molar-refractivity contribution is 0.0924. The van der Waals surface area contributed by atoms with E-state index >= 15 is 0 Å². The van der Waals surface area contributed by atoms with Gasteiger partial charge < -0.3 is 5.32 Å². The number of hydrogen-bond acceptors (Lipinski definition) is 3. The largest absolute Gasteiger partial charge is 0.349 e. The van der Waals surface area contributed by atoms with Gasteiger partial charge in [0.25, 0.3) is 5.91 Å². The van der Waals surface area contributed by atoms with Gasteiger partial charge in [-0.2, -0.15) is 4.31 Å². The summed E-state index contributed by atoms with van der Waals surface area (Å²) in [7, 11) is -3.48. The number of aryl methyl sites for hydroxylation is 2. The zero-order valence-electron chi connectivity index (χ0n) is 15.9. The van der Waals surface area contributed by atoms with E-state index in [9.17, 15) is 13.2 Å².